The Hall–Kier alpha value is -1.39. The predicted octanol–water partition coefficient (Wildman–Crippen LogP) is 0.681. The lowest BCUT2D eigenvalue weighted by molar-refractivity contribution is -0.120. The SMILES string of the molecule is Cc1cccc(N(C)C(=O)[C@@H]2C[C@H](O)CN2)c1. The van der Waals surface area contributed by atoms with Crippen molar-refractivity contribution in [3.05, 3.63) is 29.8 Å². The number of hydrogen-bond donors (Lipinski definition) is 2. The van der Waals surface area contributed by atoms with Crippen LogP contribution in [0.25, 0.3) is 0 Å². The molecule has 1 aromatic carbocycles. The molecule has 0 aliphatic carbocycles. The lowest BCUT2D eigenvalue weighted by atomic mass is 10.1. The number of aliphatic hydroxyl groups excluding tert-OH is 1. The Labute approximate surface area is 101 Å². The van der Waals surface area contributed by atoms with Crippen LogP contribution >= 0.6 is 0 Å². The second kappa shape index (κ2) is 4.85. The van der Waals surface area contributed by atoms with Gasteiger partial charge in [-0.25, -0.2) is 0 Å². The molecule has 0 bridgehead atoms. The number of nitrogens with zero attached hydrogens (tertiary/aromatic N) is 1. The number of likely N-dealkylation sites (N-methyl/N-ethyl adjacent to an activating group) is 1. The Bertz CT molecular complexity index is 420. The van der Waals surface area contributed by atoms with Crippen LogP contribution in [0.3, 0.4) is 0 Å². The molecule has 2 rings (SSSR count). The van der Waals surface area contributed by atoms with E-state index in [2.05, 4.69) is 5.32 Å². The van der Waals surface area contributed by atoms with E-state index in [9.17, 15) is 9.90 Å². The molecule has 0 spiro atoms. The van der Waals surface area contributed by atoms with E-state index in [0.29, 0.717) is 13.0 Å². The maximum Gasteiger partial charge on any atom is 0.243 e. The number of carbonyl (C=O) groups is 1. The van der Waals surface area contributed by atoms with Crippen LogP contribution in [0.2, 0.25) is 0 Å². The Morgan fingerprint density at radius 2 is 2.29 bits per heavy atom. The molecule has 2 N–H and O–H groups in total. The first-order valence-corrected chi connectivity index (χ1v) is 5.83. The largest absolute Gasteiger partial charge is 0.392 e. The molecular weight excluding hydrogens is 216 g/mol. The van der Waals surface area contributed by atoms with Crippen LogP contribution in [0.15, 0.2) is 24.3 Å². The van der Waals surface area contributed by atoms with E-state index in [-0.39, 0.29) is 11.9 Å². The van der Waals surface area contributed by atoms with Crippen molar-refractivity contribution in [1.82, 2.24) is 5.32 Å². The summed E-state index contributed by atoms with van der Waals surface area (Å²) in [5, 5.41) is 12.4. The lowest BCUT2D eigenvalue weighted by Crippen LogP contribution is -2.41. The van der Waals surface area contributed by atoms with Crippen molar-refractivity contribution in [2.75, 3.05) is 18.5 Å². The molecule has 1 saturated heterocycles. The quantitative estimate of drug-likeness (QED) is 0.791. The third kappa shape index (κ3) is 2.65. The lowest BCUT2D eigenvalue weighted by Gasteiger charge is -2.21. The molecule has 1 aromatic rings. The Morgan fingerprint density at radius 3 is 2.88 bits per heavy atom. The van der Waals surface area contributed by atoms with Gasteiger partial charge in [-0.2, -0.15) is 0 Å². The van der Waals surface area contributed by atoms with Gasteiger partial charge in [0.2, 0.25) is 5.91 Å². The van der Waals surface area contributed by atoms with Gasteiger partial charge >= 0.3 is 0 Å². The highest BCUT2D eigenvalue weighted by Gasteiger charge is 2.30. The minimum Gasteiger partial charge on any atom is -0.392 e. The standard InChI is InChI=1S/C13H18N2O2/c1-9-4-3-5-10(6-9)15(2)13(17)12-7-11(16)8-14-12/h3-6,11-12,14,16H,7-8H2,1-2H3/t11-,12-/m0/s1. The van der Waals surface area contributed by atoms with Crippen molar-refractivity contribution in [3.63, 3.8) is 0 Å². The topological polar surface area (TPSA) is 52.6 Å². The Balaban J connectivity index is 2.09. The van der Waals surface area contributed by atoms with Gasteiger partial charge in [0.15, 0.2) is 0 Å². The van der Waals surface area contributed by atoms with Crippen LogP contribution in [0.5, 0.6) is 0 Å². The predicted molar refractivity (Wildman–Crippen MR) is 67.0 cm³/mol. The number of β-amino-alcohol motifs (C(OH)–C–C–N with tert-alkyl or cyclic N) is 1. The third-order valence-corrected chi connectivity index (χ3v) is 3.13. The molecule has 1 aliphatic heterocycles. The number of hydrogen-bond acceptors (Lipinski definition) is 3. The minimum atomic E-state index is -0.408. The first-order chi connectivity index (χ1) is 8.08. The van der Waals surface area contributed by atoms with Gasteiger partial charge in [0.1, 0.15) is 0 Å². The van der Waals surface area contributed by atoms with Gasteiger partial charge in [0.05, 0.1) is 12.1 Å². The monoisotopic (exact) mass is 234 g/mol. The van der Waals surface area contributed by atoms with Crippen LogP contribution in [-0.2, 0) is 4.79 Å². The highest BCUT2D eigenvalue weighted by atomic mass is 16.3. The van der Waals surface area contributed by atoms with Gasteiger partial charge in [-0.15, -0.1) is 0 Å². The summed E-state index contributed by atoms with van der Waals surface area (Å²) in [7, 11) is 1.77. The molecule has 4 nitrogen and oxygen atoms in total. The maximum absolute atomic E-state index is 12.2. The van der Waals surface area contributed by atoms with E-state index in [4.69, 9.17) is 0 Å². The second-order valence-electron chi connectivity index (χ2n) is 4.59. The van der Waals surface area contributed by atoms with E-state index in [1.165, 1.54) is 0 Å². The van der Waals surface area contributed by atoms with E-state index in [1.807, 2.05) is 31.2 Å². The summed E-state index contributed by atoms with van der Waals surface area (Å²) in [4.78, 5) is 13.8. The summed E-state index contributed by atoms with van der Waals surface area (Å²) in [6.45, 7) is 2.50. The van der Waals surface area contributed by atoms with Gasteiger partial charge in [-0.1, -0.05) is 12.1 Å². The molecule has 0 aromatic heterocycles. The van der Waals surface area contributed by atoms with Crippen molar-refractivity contribution in [1.29, 1.82) is 0 Å². The van der Waals surface area contributed by atoms with E-state index >= 15 is 0 Å². The van der Waals surface area contributed by atoms with Crippen LogP contribution in [0.4, 0.5) is 5.69 Å². The Kier molecular flexibility index (Phi) is 3.45. The molecule has 17 heavy (non-hydrogen) atoms. The summed E-state index contributed by atoms with van der Waals surface area (Å²) in [6.07, 6.45) is 0.0875. The number of nitrogens with one attached hydrogen (secondary N) is 1. The molecule has 0 saturated carbocycles. The highest BCUT2D eigenvalue weighted by Crippen LogP contribution is 2.17. The van der Waals surface area contributed by atoms with Crippen LogP contribution in [-0.4, -0.2) is 36.8 Å². The van der Waals surface area contributed by atoms with E-state index in [0.717, 1.165) is 11.3 Å². The number of anilines is 1. The highest BCUT2D eigenvalue weighted by molar-refractivity contribution is 5.97. The fourth-order valence-corrected chi connectivity index (χ4v) is 2.10. The summed E-state index contributed by atoms with van der Waals surface area (Å²) in [5.74, 6) is 0.00662. The van der Waals surface area contributed by atoms with Crippen LogP contribution in [0, 0.1) is 6.92 Å². The second-order valence-corrected chi connectivity index (χ2v) is 4.59. The van der Waals surface area contributed by atoms with Crippen LogP contribution in [0.1, 0.15) is 12.0 Å². The Morgan fingerprint density at radius 1 is 1.53 bits per heavy atom. The molecule has 1 heterocycles. The molecule has 92 valence electrons. The number of benzene rings is 1. The van der Waals surface area contributed by atoms with E-state index < -0.39 is 6.10 Å². The number of carbonyl (C=O) groups excluding carboxylic acids is 1. The molecule has 0 unspecified atom stereocenters. The zero-order valence-electron chi connectivity index (χ0n) is 10.2. The molecule has 0 radical (unpaired) electrons. The zero-order valence-corrected chi connectivity index (χ0v) is 10.2. The van der Waals surface area contributed by atoms with Gasteiger partial charge in [0, 0.05) is 19.3 Å². The zero-order chi connectivity index (χ0) is 12.4. The number of rotatable bonds is 2. The average Bonchev–Trinajstić information content (AvgIpc) is 2.74. The van der Waals surface area contributed by atoms with Gasteiger partial charge in [0.25, 0.3) is 0 Å². The smallest absolute Gasteiger partial charge is 0.243 e. The fourth-order valence-electron chi connectivity index (χ4n) is 2.10. The van der Waals surface area contributed by atoms with Crippen molar-refractivity contribution < 1.29 is 9.90 Å². The average molecular weight is 234 g/mol. The molecule has 4 heteroatoms. The molecular formula is C13H18N2O2. The molecule has 1 amide bonds. The molecule has 1 fully saturated rings. The van der Waals surface area contributed by atoms with Crippen LogP contribution < -0.4 is 10.2 Å². The third-order valence-electron chi connectivity index (χ3n) is 3.13. The summed E-state index contributed by atoms with van der Waals surface area (Å²) in [5.41, 5.74) is 2.01. The summed E-state index contributed by atoms with van der Waals surface area (Å²) in [6, 6.07) is 7.56. The number of amides is 1. The normalized spacial score (nSPS) is 23.7. The first kappa shape index (κ1) is 12.1. The van der Waals surface area contributed by atoms with Crippen molar-refractivity contribution >= 4 is 11.6 Å². The van der Waals surface area contributed by atoms with Gasteiger partial charge in [-0.05, 0) is 31.0 Å². The van der Waals surface area contributed by atoms with Crippen molar-refractivity contribution in [3.8, 4) is 0 Å². The summed E-state index contributed by atoms with van der Waals surface area (Å²) < 4.78 is 0. The van der Waals surface area contributed by atoms with E-state index in [1.54, 1.807) is 11.9 Å². The maximum atomic E-state index is 12.2. The number of aliphatic hydroxyl groups is 1. The first-order valence-electron chi connectivity index (χ1n) is 5.83. The van der Waals surface area contributed by atoms with Crippen molar-refractivity contribution in [2.45, 2.75) is 25.5 Å². The van der Waals surface area contributed by atoms with Crippen molar-refractivity contribution in [2.24, 2.45) is 0 Å². The van der Waals surface area contributed by atoms with Gasteiger partial charge < -0.3 is 15.3 Å². The molecule has 2 atom stereocenters. The fraction of sp³-hybridized carbons (Fsp3) is 0.462. The summed E-state index contributed by atoms with van der Waals surface area (Å²) >= 11 is 0. The minimum absolute atomic E-state index is 0.00662. The number of aryl methyl sites for hydroxylation is 1. The van der Waals surface area contributed by atoms with Gasteiger partial charge in [-0.3, -0.25) is 4.79 Å². The molecule has 1 aliphatic rings.